The van der Waals surface area contributed by atoms with Crippen LogP contribution in [0, 0.1) is 0 Å². The number of carbonyl (C=O) groups excluding carboxylic acids is 1. The molecule has 1 aromatic rings. The predicted molar refractivity (Wildman–Crippen MR) is 66.3 cm³/mol. The number of nitrogens with one attached hydrogen (secondary N) is 1. The number of amides is 1. The molecule has 0 bridgehead atoms. The van der Waals surface area contributed by atoms with E-state index in [1.165, 1.54) is 0 Å². The summed E-state index contributed by atoms with van der Waals surface area (Å²) in [4.78, 5) is 11.3. The molecule has 0 aliphatic carbocycles. The van der Waals surface area contributed by atoms with Crippen LogP contribution < -0.4 is 10.1 Å². The molecule has 0 saturated heterocycles. The molecule has 0 heterocycles. The molecule has 20 heavy (non-hydrogen) atoms. The van der Waals surface area contributed by atoms with Crippen LogP contribution in [0.15, 0.2) is 24.3 Å². The third kappa shape index (κ3) is 6.42. The standard InChI is InChI=1S/C13H16F3NO3/c1-2-20-11-6-4-3-5-10(11)7-17-12(18)8-19-9-13(14,15)16/h3-6H,2,7-9H2,1H3,(H,17,18). The Kier molecular flexibility index (Phi) is 6.30. The number of para-hydroxylation sites is 1. The third-order valence-electron chi connectivity index (χ3n) is 2.25. The van der Waals surface area contributed by atoms with E-state index in [2.05, 4.69) is 10.1 Å². The van der Waals surface area contributed by atoms with Gasteiger partial charge in [-0.05, 0) is 13.0 Å². The highest BCUT2D eigenvalue weighted by Crippen LogP contribution is 2.17. The molecule has 0 saturated carbocycles. The molecule has 1 aromatic carbocycles. The van der Waals surface area contributed by atoms with Gasteiger partial charge in [0.05, 0.1) is 6.61 Å². The fourth-order valence-electron chi connectivity index (χ4n) is 1.45. The van der Waals surface area contributed by atoms with Crippen molar-refractivity contribution in [1.29, 1.82) is 0 Å². The van der Waals surface area contributed by atoms with Gasteiger partial charge in [0.2, 0.25) is 5.91 Å². The smallest absolute Gasteiger partial charge is 0.411 e. The van der Waals surface area contributed by atoms with Gasteiger partial charge in [0, 0.05) is 12.1 Å². The van der Waals surface area contributed by atoms with E-state index >= 15 is 0 Å². The van der Waals surface area contributed by atoms with E-state index in [-0.39, 0.29) is 6.54 Å². The van der Waals surface area contributed by atoms with Gasteiger partial charge in [-0.2, -0.15) is 13.2 Å². The van der Waals surface area contributed by atoms with Gasteiger partial charge >= 0.3 is 6.18 Å². The summed E-state index contributed by atoms with van der Waals surface area (Å²) in [6, 6.07) is 7.10. The van der Waals surface area contributed by atoms with E-state index in [1.807, 2.05) is 6.92 Å². The van der Waals surface area contributed by atoms with Crippen molar-refractivity contribution in [3.05, 3.63) is 29.8 Å². The number of carbonyl (C=O) groups is 1. The topological polar surface area (TPSA) is 47.6 Å². The minimum absolute atomic E-state index is 0.171. The molecule has 112 valence electrons. The van der Waals surface area contributed by atoms with E-state index in [0.29, 0.717) is 12.4 Å². The lowest BCUT2D eigenvalue weighted by atomic mass is 10.2. The largest absolute Gasteiger partial charge is 0.494 e. The van der Waals surface area contributed by atoms with Crippen LogP contribution >= 0.6 is 0 Å². The minimum atomic E-state index is -4.43. The van der Waals surface area contributed by atoms with E-state index in [9.17, 15) is 18.0 Å². The van der Waals surface area contributed by atoms with Crippen molar-refractivity contribution in [3.63, 3.8) is 0 Å². The highest BCUT2D eigenvalue weighted by molar-refractivity contribution is 5.77. The van der Waals surface area contributed by atoms with Gasteiger partial charge in [0.25, 0.3) is 0 Å². The Bertz CT molecular complexity index is 435. The van der Waals surface area contributed by atoms with E-state index in [1.54, 1.807) is 24.3 Å². The van der Waals surface area contributed by atoms with Crippen molar-refractivity contribution in [2.45, 2.75) is 19.6 Å². The Morgan fingerprint density at radius 1 is 1.30 bits per heavy atom. The number of halogens is 3. The monoisotopic (exact) mass is 291 g/mol. The van der Waals surface area contributed by atoms with Gasteiger partial charge in [-0.25, -0.2) is 0 Å². The number of ether oxygens (including phenoxy) is 2. The second-order valence-corrected chi connectivity index (χ2v) is 3.93. The summed E-state index contributed by atoms with van der Waals surface area (Å²) in [5.41, 5.74) is 0.749. The molecule has 0 aliphatic heterocycles. The summed E-state index contributed by atoms with van der Waals surface area (Å²) in [5.74, 6) is 0.0204. The molecule has 0 aliphatic rings. The lowest BCUT2D eigenvalue weighted by Gasteiger charge is -2.11. The zero-order valence-corrected chi connectivity index (χ0v) is 11.0. The molecule has 0 unspecified atom stereocenters. The zero-order valence-electron chi connectivity index (χ0n) is 11.0. The van der Waals surface area contributed by atoms with Crippen LogP contribution in [0.5, 0.6) is 5.75 Å². The molecule has 0 atom stereocenters. The summed E-state index contributed by atoms with van der Waals surface area (Å²) in [7, 11) is 0. The summed E-state index contributed by atoms with van der Waals surface area (Å²) < 4.78 is 45.1. The Hall–Kier alpha value is -1.76. The molecule has 1 amide bonds. The van der Waals surface area contributed by atoms with Crippen molar-refractivity contribution < 1.29 is 27.4 Å². The highest BCUT2D eigenvalue weighted by Gasteiger charge is 2.27. The average Bonchev–Trinajstić information content (AvgIpc) is 2.36. The number of alkyl halides is 3. The van der Waals surface area contributed by atoms with Gasteiger partial charge in [-0.3, -0.25) is 4.79 Å². The predicted octanol–water partition coefficient (Wildman–Crippen LogP) is 2.28. The van der Waals surface area contributed by atoms with Crippen LogP contribution in [0.2, 0.25) is 0 Å². The Labute approximate surface area is 114 Å². The SMILES string of the molecule is CCOc1ccccc1CNC(=O)COCC(F)(F)F. The molecule has 4 nitrogen and oxygen atoms in total. The first-order valence-corrected chi connectivity index (χ1v) is 6.04. The lowest BCUT2D eigenvalue weighted by molar-refractivity contribution is -0.175. The molecule has 7 heteroatoms. The quantitative estimate of drug-likeness (QED) is 0.838. The van der Waals surface area contributed by atoms with Crippen LogP contribution in [0.25, 0.3) is 0 Å². The molecule has 0 aromatic heterocycles. The van der Waals surface area contributed by atoms with Crippen molar-refractivity contribution in [2.75, 3.05) is 19.8 Å². The van der Waals surface area contributed by atoms with Crippen LogP contribution in [-0.2, 0) is 16.1 Å². The van der Waals surface area contributed by atoms with Gasteiger partial charge in [-0.15, -0.1) is 0 Å². The molecule has 1 rings (SSSR count). The Morgan fingerprint density at radius 3 is 2.65 bits per heavy atom. The Morgan fingerprint density at radius 2 is 2.00 bits per heavy atom. The summed E-state index contributed by atoms with van der Waals surface area (Å²) in [6.07, 6.45) is -4.43. The molecule has 0 radical (unpaired) electrons. The maximum absolute atomic E-state index is 11.8. The number of rotatable bonds is 7. The molecule has 1 N–H and O–H groups in total. The van der Waals surface area contributed by atoms with Crippen LogP contribution in [0.4, 0.5) is 13.2 Å². The third-order valence-corrected chi connectivity index (χ3v) is 2.25. The van der Waals surface area contributed by atoms with Crippen molar-refractivity contribution in [3.8, 4) is 5.75 Å². The Balaban J connectivity index is 2.37. The molecule has 0 spiro atoms. The van der Waals surface area contributed by atoms with Crippen molar-refractivity contribution >= 4 is 5.91 Å². The first-order chi connectivity index (χ1) is 9.42. The number of benzene rings is 1. The van der Waals surface area contributed by atoms with Gasteiger partial charge in [0.1, 0.15) is 19.0 Å². The summed E-state index contributed by atoms with van der Waals surface area (Å²) in [6.45, 7) is 0.427. The van der Waals surface area contributed by atoms with E-state index in [0.717, 1.165) is 5.56 Å². The van der Waals surface area contributed by atoms with Crippen molar-refractivity contribution in [1.82, 2.24) is 5.32 Å². The first kappa shape index (κ1) is 16.3. The second kappa shape index (κ2) is 7.74. The fraction of sp³-hybridized carbons (Fsp3) is 0.462. The molecule has 0 fully saturated rings. The van der Waals surface area contributed by atoms with Crippen LogP contribution in [0.3, 0.4) is 0 Å². The summed E-state index contributed by atoms with van der Waals surface area (Å²) >= 11 is 0. The number of hydrogen-bond acceptors (Lipinski definition) is 3. The maximum Gasteiger partial charge on any atom is 0.411 e. The fourth-order valence-corrected chi connectivity index (χ4v) is 1.45. The van der Waals surface area contributed by atoms with Crippen LogP contribution in [-0.4, -0.2) is 31.9 Å². The van der Waals surface area contributed by atoms with Gasteiger partial charge < -0.3 is 14.8 Å². The van der Waals surface area contributed by atoms with Crippen LogP contribution in [0.1, 0.15) is 12.5 Å². The second-order valence-electron chi connectivity index (χ2n) is 3.93. The summed E-state index contributed by atoms with van der Waals surface area (Å²) in [5, 5.41) is 2.47. The highest BCUT2D eigenvalue weighted by atomic mass is 19.4. The average molecular weight is 291 g/mol. The van der Waals surface area contributed by atoms with Gasteiger partial charge in [-0.1, -0.05) is 18.2 Å². The first-order valence-electron chi connectivity index (χ1n) is 6.04. The van der Waals surface area contributed by atoms with Gasteiger partial charge in [0.15, 0.2) is 0 Å². The number of hydrogen-bond donors (Lipinski definition) is 1. The van der Waals surface area contributed by atoms with E-state index in [4.69, 9.17) is 4.74 Å². The minimum Gasteiger partial charge on any atom is -0.494 e. The maximum atomic E-state index is 11.8. The lowest BCUT2D eigenvalue weighted by Crippen LogP contribution is -2.29. The van der Waals surface area contributed by atoms with Crippen molar-refractivity contribution in [2.24, 2.45) is 0 Å². The normalized spacial score (nSPS) is 11.2. The van der Waals surface area contributed by atoms with E-state index < -0.39 is 25.3 Å². The zero-order chi connectivity index (χ0) is 15.0. The molecular weight excluding hydrogens is 275 g/mol. The molecular formula is C13H16F3NO3.